The molecule has 0 aliphatic carbocycles. The van der Waals surface area contributed by atoms with Gasteiger partial charge in [-0.3, -0.25) is 14.9 Å². The van der Waals surface area contributed by atoms with E-state index in [1.54, 1.807) is 20.1 Å². The fourth-order valence-corrected chi connectivity index (χ4v) is 2.16. The third kappa shape index (κ3) is 4.19. The summed E-state index contributed by atoms with van der Waals surface area (Å²) in [6.45, 7) is 3.29. The van der Waals surface area contributed by atoms with E-state index in [1.807, 2.05) is 0 Å². The first-order valence-corrected chi connectivity index (χ1v) is 7.36. The minimum absolute atomic E-state index is 0.140. The summed E-state index contributed by atoms with van der Waals surface area (Å²) in [5.41, 5.74) is -0.489. The Morgan fingerprint density at radius 2 is 2.00 bits per heavy atom. The van der Waals surface area contributed by atoms with E-state index in [2.05, 4.69) is 5.32 Å². The average Bonchev–Trinajstić information content (AvgIpc) is 2.42. The number of carboxylic acids is 1. The van der Waals surface area contributed by atoms with Crippen LogP contribution in [0.2, 0.25) is 0 Å². The summed E-state index contributed by atoms with van der Waals surface area (Å²) in [5.74, 6) is -2.28. The third-order valence-corrected chi connectivity index (χ3v) is 3.59. The predicted molar refractivity (Wildman–Crippen MR) is 78.6 cm³/mol. The van der Waals surface area contributed by atoms with Gasteiger partial charge in [0, 0.05) is 11.0 Å². The van der Waals surface area contributed by atoms with Gasteiger partial charge >= 0.3 is 5.97 Å². The van der Waals surface area contributed by atoms with Gasteiger partial charge in [0.1, 0.15) is 11.6 Å². The van der Waals surface area contributed by atoms with Crippen LogP contribution in [0, 0.1) is 16.0 Å². The molecule has 0 aliphatic heterocycles. The molecule has 0 aromatic heterocycles. The number of nitrogens with one attached hydrogen (secondary N) is 1. The number of amides is 1. The molecule has 0 bridgehead atoms. The molecule has 0 saturated heterocycles. The molecule has 0 unspecified atom stereocenters. The van der Waals surface area contributed by atoms with Crippen LogP contribution in [0.25, 0.3) is 0 Å². The Labute approximate surface area is 125 Å². The maximum atomic E-state index is 12.2. The van der Waals surface area contributed by atoms with E-state index < -0.39 is 22.8 Å². The lowest BCUT2D eigenvalue weighted by Gasteiger charge is -2.18. The molecule has 1 aromatic carbocycles. The quantitative estimate of drug-likeness (QED) is 0.473. The number of carbonyl (C=O) groups is 2. The molecule has 7 nitrogen and oxygen atoms in total. The van der Waals surface area contributed by atoms with Crippen LogP contribution in [0.5, 0.6) is 0 Å². The van der Waals surface area contributed by atoms with E-state index in [1.165, 1.54) is 30.0 Å². The molecule has 8 heteroatoms. The number of hydrogen-bond donors (Lipinski definition) is 2. The third-order valence-electron chi connectivity index (χ3n) is 2.86. The summed E-state index contributed by atoms with van der Waals surface area (Å²) in [6, 6.07) is 3.06. The van der Waals surface area contributed by atoms with E-state index in [4.69, 9.17) is 5.11 Å². The van der Waals surface area contributed by atoms with Crippen LogP contribution in [0.15, 0.2) is 23.1 Å². The standard InChI is InChI=1S/C13H16N2O5S/c1-7(2)11(13(17)18)14-12(16)9-6-8(21-3)4-5-10(9)15(19)20/h4-7,11H,1-3H3,(H,14,16)(H,17,18)/t11-/m1/s1. The second-order valence-electron chi connectivity index (χ2n) is 4.67. The van der Waals surface area contributed by atoms with E-state index >= 15 is 0 Å². The van der Waals surface area contributed by atoms with Crippen LogP contribution < -0.4 is 5.32 Å². The molecule has 1 atom stereocenters. The van der Waals surface area contributed by atoms with Crippen molar-refractivity contribution in [3.8, 4) is 0 Å². The molecule has 21 heavy (non-hydrogen) atoms. The normalized spacial score (nSPS) is 12.0. The highest BCUT2D eigenvalue weighted by Gasteiger charge is 2.27. The van der Waals surface area contributed by atoms with Gasteiger partial charge < -0.3 is 10.4 Å². The van der Waals surface area contributed by atoms with Crippen molar-refractivity contribution in [2.45, 2.75) is 24.8 Å². The Morgan fingerprint density at radius 1 is 1.38 bits per heavy atom. The van der Waals surface area contributed by atoms with Gasteiger partial charge in [0.25, 0.3) is 11.6 Å². The molecule has 0 fully saturated rings. The van der Waals surface area contributed by atoms with Crippen molar-refractivity contribution in [2.24, 2.45) is 5.92 Å². The highest BCUT2D eigenvalue weighted by atomic mass is 32.2. The van der Waals surface area contributed by atoms with Crippen LogP contribution in [0.4, 0.5) is 5.69 Å². The van der Waals surface area contributed by atoms with Crippen molar-refractivity contribution in [3.63, 3.8) is 0 Å². The number of aliphatic carboxylic acids is 1. The van der Waals surface area contributed by atoms with Gasteiger partial charge in [-0.05, 0) is 24.3 Å². The molecule has 1 amide bonds. The molecule has 1 aromatic rings. The Bertz CT molecular complexity index is 574. The van der Waals surface area contributed by atoms with Crippen molar-refractivity contribution >= 4 is 29.3 Å². The average molecular weight is 312 g/mol. The Morgan fingerprint density at radius 3 is 2.43 bits per heavy atom. The number of nitro benzene ring substituents is 1. The van der Waals surface area contributed by atoms with E-state index in [-0.39, 0.29) is 17.2 Å². The van der Waals surface area contributed by atoms with Crippen LogP contribution in [0.3, 0.4) is 0 Å². The van der Waals surface area contributed by atoms with Gasteiger partial charge in [-0.1, -0.05) is 13.8 Å². The lowest BCUT2D eigenvalue weighted by molar-refractivity contribution is -0.385. The van der Waals surface area contributed by atoms with Crippen LogP contribution in [0.1, 0.15) is 24.2 Å². The van der Waals surface area contributed by atoms with Crippen molar-refractivity contribution in [1.82, 2.24) is 5.32 Å². The summed E-state index contributed by atoms with van der Waals surface area (Å²) < 4.78 is 0. The summed E-state index contributed by atoms with van der Waals surface area (Å²) in [4.78, 5) is 34.3. The van der Waals surface area contributed by atoms with Crippen LogP contribution in [-0.4, -0.2) is 34.2 Å². The molecule has 114 valence electrons. The first-order chi connectivity index (χ1) is 9.77. The lowest BCUT2D eigenvalue weighted by atomic mass is 10.0. The molecule has 0 saturated carbocycles. The van der Waals surface area contributed by atoms with Crippen molar-refractivity contribution in [1.29, 1.82) is 0 Å². The van der Waals surface area contributed by atoms with Gasteiger partial charge in [0.15, 0.2) is 0 Å². The largest absolute Gasteiger partial charge is 0.480 e. The predicted octanol–water partition coefficient (Wildman–Crippen LogP) is 2.16. The molecular weight excluding hydrogens is 296 g/mol. The molecule has 0 aliphatic rings. The topological polar surface area (TPSA) is 110 Å². The molecular formula is C13H16N2O5S. The van der Waals surface area contributed by atoms with E-state index in [9.17, 15) is 19.7 Å². The first-order valence-electron chi connectivity index (χ1n) is 6.14. The van der Waals surface area contributed by atoms with Gasteiger partial charge in [-0.25, -0.2) is 4.79 Å². The zero-order valence-corrected chi connectivity index (χ0v) is 12.6. The number of carbonyl (C=O) groups excluding carboxylic acids is 1. The minimum Gasteiger partial charge on any atom is -0.480 e. The number of hydrogen-bond acceptors (Lipinski definition) is 5. The van der Waals surface area contributed by atoms with E-state index in [0.717, 1.165) is 0 Å². The molecule has 0 spiro atoms. The highest BCUT2D eigenvalue weighted by molar-refractivity contribution is 7.98. The van der Waals surface area contributed by atoms with Gasteiger partial charge in [0.05, 0.1) is 4.92 Å². The molecule has 0 radical (unpaired) electrons. The Hall–Kier alpha value is -2.09. The molecule has 2 N–H and O–H groups in total. The monoisotopic (exact) mass is 312 g/mol. The number of thioether (sulfide) groups is 1. The fourth-order valence-electron chi connectivity index (χ4n) is 1.72. The first kappa shape index (κ1) is 17.0. The van der Waals surface area contributed by atoms with Crippen molar-refractivity contribution in [2.75, 3.05) is 6.26 Å². The zero-order valence-electron chi connectivity index (χ0n) is 11.8. The minimum atomic E-state index is -1.18. The maximum absolute atomic E-state index is 12.2. The summed E-state index contributed by atoms with van der Waals surface area (Å²) in [7, 11) is 0. The number of carboxylic acid groups (broad SMARTS) is 1. The van der Waals surface area contributed by atoms with Gasteiger partial charge in [-0.15, -0.1) is 11.8 Å². The van der Waals surface area contributed by atoms with Crippen molar-refractivity contribution in [3.05, 3.63) is 33.9 Å². The number of rotatable bonds is 6. The van der Waals surface area contributed by atoms with Crippen LogP contribution in [-0.2, 0) is 4.79 Å². The second-order valence-corrected chi connectivity index (χ2v) is 5.55. The van der Waals surface area contributed by atoms with Gasteiger partial charge in [0.2, 0.25) is 0 Å². The van der Waals surface area contributed by atoms with Crippen molar-refractivity contribution < 1.29 is 19.6 Å². The Balaban J connectivity index is 3.16. The fraction of sp³-hybridized carbons (Fsp3) is 0.385. The summed E-state index contributed by atoms with van der Waals surface area (Å²) in [5, 5.41) is 22.4. The van der Waals surface area contributed by atoms with Gasteiger partial charge in [-0.2, -0.15) is 0 Å². The highest BCUT2D eigenvalue weighted by Crippen LogP contribution is 2.25. The van der Waals surface area contributed by atoms with Crippen LogP contribution >= 0.6 is 11.8 Å². The summed E-state index contributed by atoms with van der Waals surface area (Å²) >= 11 is 1.33. The number of nitro groups is 1. The number of benzene rings is 1. The van der Waals surface area contributed by atoms with E-state index in [0.29, 0.717) is 4.90 Å². The molecule has 1 rings (SSSR count). The smallest absolute Gasteiger partial charge is 0.326 e. The zero-order chi connectivity index (χ0) is 16.2. The number of nitrogens with zero attached hydrogens (tertiary/aromatic N) is 1. The molecule has 0 heterocycles. The lowest BCUT2D eigenvalue weighted by Crippen LogP contribution is -2.44. The Kier molecular flexibility index (Phi) is 5.71. The SMILES string of the molecule is CSc1ccc([N+](=O)[O-])c(C(=O)N[C@@H](C(=O)O)C(C)C)c1. The summed E-state index contributed by atoms with van der Waals surface area (Å²) in [6.07, 6.45) is 1.77. The maximum Gasteiger partial charge on any atom is 0.326 e. The second kappa shape index (κ2) is 7.07.